The van der Waals surface area contributed by atoms with Gasteiger partial charge >= 0.3 is 5.97 Å². The number of aliphatic carboxylic acids is 1. The largest absolute Gasteiger partial charge is 0.480 e. The van der Waals surface area contributed by atoms with E-state index >= 15 is 0 Å². The highest BCUT2D eigenvalue weighted by Gasteiger charge is 2.27. The Morgan fingerprint density at radius 1 is 1.58 bits per heavy atom. The second-order valence-electron chi connectivity index (χ2n) is 3.01. The number of piperidine rings is 1. The molecule has 1 fully saturated rings. The van der Waals surface area contributed by atoms with E-state index in [-0.39, 0.29) is 6.54 Å². The fourth-order valence-corrected chi connectivity index (χ4v) is 1.58. The summed E-state index contributed by atoms with van der Waals surface area (Å²) in [4.78, 5) is 22.6. The molecule has 0 aromatic heterocycles. The van der Waals surface area contributed by atoms with Gasteiger partial charge in [-0.2, -0.15) is 0 Å². The van der Waals surface area contributed by atoms with Gasteiger partial charge in [-0.1, -0.05) is 6.42 Å². The lowest BCUT2D eigenvalue weighted by Gasteiger charge is -2.30. The quantitative estimate of drug-likeness (QED) is 0.613. The number of likely N-dealkylation sites (tertiary alicyclic amines) is 1. The zero-order valence-corrected chi connectivity index (χ0v) is 6.90. The van der Waals surface area contributed by atoms with Crippen LogP contribution < -0.4 is 0 Å². The van der Waals surface area contributed by atoms with Crippen LogP contribution >= 0.6 is 0 Å². The van der Waals surface area contributed by atoms with Gasteiger partial charge in [0.15, 0.2) is 0 Å². The molecule has 0 spiro atoms. The van der Waals surface area contributed by atoms with Crippen molar-refractivity contribution in [2.75, 3.05) is 13.1 Å². The minimum absolute atomic E-state index is 0.247. The van der Waals surface area contributed by atoms with Crippen molar-refractivity contribution in [2.45, 2.75) is 25.3 Å². The van der Waals surface area contributed by atoms with Crippen LogP contribution in [0.25, 0.3) is 0 Å². The van der Waals surface area contributed by atoms with E-state index in [1.807, 2.05) is 0 Å². The van der Waals surface area contributed by atoms with Gasteiger partial charge in [-0.05, 0) is 19.4 Å². The Morgan fingerprint density at radius 2 is 2.33 bits per heavy atom. The molecule has 1 aliphatic heterocycles. The normalized spacial score (nSPS) is 25.2. The lowest BCUT2D eigenvalue weighted by Crippen LogP contribution is -2.45. The van der Waals surface area contributed by atoms with Crippen molar-refractivity contribution in [3.05, 3.63) is 0 Å². The molecule has 1 rings (SSSR count). The first kappa shape index (κ1) is 9.19. The van der Waals surface area contributed by atoms with Crippen molar-refractivity contribution < 1.29 is 14.7 Å². The first-order valence-corrected chi connectivity index (χ1v) is 4.16. The summed E-state index contributed by atoms with van der Waals surface area (Å²) in [6.45, 7) is 0.979. The van der Waals surface area contributed by atoms with Gasteiger partial charge in [0.05, 0.1) is 6.54 Å². The Hall–Kier alpha value is -0.900. The number of hydrogen-bond donors (Lipinski definition) is 1. The van der Waals surface area contributed by atoms with Crippen molar-refractivity contribution in [2.24, 2.45) is 0 Å². The SMILES string of the molecule is O=CCN1CCCC[C@@H]1C(=O)O. The number of carboxylic acid groups (broad SMARTS) is 1. The molecule has 0 aromatic rings. The summed E-state index contributed by atoms with van der Waals surface area (Å²) in [6.07, 6.45) is 3.38. The van der Waals surface area contributed by atoms with Gasteiger partial charge in [0, 0.05) is 0 Å². The Morgan fingerprint density at radius 3 is 2.92 bits per heavy atom. The Labute approximate surface area is 71.2 Å². The van der Waals surface area contributed by atoms with Gasteiger partial charge < -0.3 is 9.90 Å². The smallest absolute Gasteiger partial charge is 0.320 e. The highest BCUT2D eigenvalue weighted by molar-refractivity contribution is 5.74. The molecule has 0 saturated carbocycles. The maximum absolute atomic E-state index is 10.7. The fourth-order valence-electron chi connectivity index (χ4n) is 1.58. The molecule has 0 bridgehead atoms. The van der Waals surface area contributed by atoms with Crippen molar-refractivity contribution in [1.82, 2.24) is 4.90 Å². The monoisotopic (exact) mass is 171 g/mol. The molecule has 68 valence electrons. The summed E-state index contributed by atoms with van der Waals surface area (Å²) >= 11 is 0. The molecule has 12 heavy (non-hydrogen) atoms. The minimum atomic E-state index is -0.809. The Kier molecular flexibility index (Phi) is 3.22. The molecule has 1 aliphatic rings. The van der Waals surface area contributed by atoms with Gasteiger partial charge in [0.25, 0.3) is 0 Å². The van der Waals surface area contributed by atoms with Crippen LogP contribution in [0.1, 0.15) is 19.3 Å². The van der Waals surface area contributed by atoms with Crippen LogP contribution in [0.5, 0.6) is 0 Å². The van der Waals surface area contributed by atoms with Crippen molar-refractivity contribution in [3.63, 3.8) is 0 Å². The van der Waals surface area contributed by atoms with Crippen LogP contribution in [0.3, 0.4) is 0 Å². The number of aldehydes is 1. The summed E-state index contributed by atoms with van der Waals surface area (Å²) in [5, 5.41) is 8.78. The molecule has 0 amide bonds. The molecular weight excluding hydrogens is 158 g/mol. The number of carbonyl (C=O) groups is 2. The first-order chi connectivity index (χ1) is 5.75. The zero-order chi connectivity index (χ0) is 8.97. The van der Waals surface area contributed by atoms with Gasteiger partial charge in [0.1, 0.15) is 12.3 Å². The Bertz CT molecular complexity index is 181. The molecule has 4 nitrogen and oxygen atoms in total. The minimum Gasteiger partial charge on any atom is -0.480 e. The lowest BCUT2D eigenvalue weighted by atomic mass is 10.0. The van der Waals surface area contributed by atoms with Crippen LogP contribution in [0.4, 0.5) is 0 Å². The van der Waals surface area contributed by atoms with Crippen molar-refractivity contribution in [3.8, 4) is 0 Å². The van der Waals surface area contributed by atoms with Gasteiger partial charge in [-0.25, -0.2) is 0 Å². The summed E-state index contributed by atoms with van der Waals surface area (Å²) < 4.78 is 0. The standard InChI is InChI=1S/C8H13NO3/c10-6-5-9-4-2-1-3-7(9)8(11)12/h6-7H,1-5H2,(H,11,12)/t7-/m1/s1. The highest BCUT2D eigenvalue weighted by atomic mass is 16.4. The average molecular weight is 171 g/mol. The van der Waals surface area contributed by atoms with E-state index in [2.05, 4.69) is 0 Å². The van der Waals surface area contributed by atoms with E-state index in [0.717, 1.165) is 25.7 Å². The maximum atomic E-state index is 10.7. The van der Waals surface area contributed by atoms with Crippen LogP contribution in [0, 0.1) is 0 Å². The van der Waals surface area contributed by atoms with Crippen molar-refractivity contribution in [1.29, 1.82) is 0 Å². The third-order valence-electron chi connectivity index (χ3n) is 2.21. The van der Waals surface area contributed by atoms with Crippen molar-refractivity contribution >= 4 is 12.3 Å². The summed E-state index contributed by atoms with van der Waals surface area (Å²) in [5.41, 5.74) is 0. The van der Waals surface area contributed by atoms with E-state index < -0.39 is 12.0 Å². The molecular formula is C8H13NO3. The topological polar surface area (TPSA) is 57.6 Å². The van der Waals surface area contributed by atoms with Crippen LogP contribution in [0.15, 0.2) is 0 Å². The lowest BCUT2D eigenvalue weighted by molar-refractivity contribution is -0.144. The molecule has 0 aliphatic carbocycles. The molecule has 1 saturated heterocycles. The van der Waals surface area contributed by atoms with Gasteiger partial charge in [0.2, 0.25) is 0 Å². The van der Waals surface area contributed by atoms with Crippen LogP contribution in [-0.2, 0) is 9.59 Å². The first-order valence-electron chi connectivity index (χ1n) is 4.16. The maximum Gasteiger partial charge on any atom is 0.320 e. The molecule has 0 unspecified atom stereocenters. The molecule has 1 atom stereocenters. The highest BCUT2D eigenvalue weighted by Crippen LogP contribution is 2.15. The van der Waals surface area contributed by atoms with E-state index in [0.29, 0.717) is 6.42 Å². The molecule has 1 heterocycles. The third kappa shape index (κ3) is 2.04. The van der Waals surface area contributed by atoms with E-state index in [1.165, 1.54) is 0 Å². The molecule has 0 aromatic carbocycles. The van der Waals surface area contributed by atoms with Gasteiger partial charge in [-0.15, -0.1) is 0 Å². The molecule has 1 N–H and O–H groups in total. The predicted octanol–water partition coefficient (Wildman–Crippen LogP) is 0.124. The number of carbonyl (C=O) groups excluding carboxylic acids is 1. The fraction of sp³-hybridized carbons (Fsp3) is 0.750. The van der Waals surface area contributed by atoms with E-state index in [9.17, 15) is 9.59 Å². The number of carboxylic acids is 1. The third-order valence-corrected chi connectivity index (χ3v) is 2.21. The van der Waals surface area contributed by atoms with E-state index in [4.69, 9.17) is 5.11 Å². The van der Waals surface area contributed by atoms with Crippen LogP contribution in [-0.4, -0.2) is 41.4 Å². The predicted molar refractivity (Wildman–Crippen MR) is 42.9 cm³/mol. The Balaban J connectivity index is 2.53. The summed E-state index contributed by atoms with van der Waals surface area (Å²) in [6, 6.07) is -0.441. The molecule has 0 radical (unpaired) electrons. The number of hydrogen-bond acceptors (Lipinski definition) is 3. The number of nitrogens with zero attached hydrogens (tertiary/aromatic N) is 1. The molecule has 4 heteroatoms. The average Bonchev–Trinajstić information content (AvgIpc) is 2.05. The number of rotatable bonds is 3. The van der Waals surface area contributed by atoms with Gasteiger partial charge in [-0.3, -0.25) is 9.69 Å². The van der Waals surface area contributed by atoms with E-state index in [1.54, 1.807) is 4.90 Å². The summed E-state index contributed by atoms with van der Waals surface area (Å²) in [5.74, 6) is -0.809. The second kappa shape index (κ2) is 4.21. The van der Waals surface area contributed by atoms with Crippen LogP contribution in [0.2, 0.25) is 0 Å². The zero-order valence-electron chi connectivity index (χ0n) is 6.90. The second-order valence-corrected chi connectivity index (χ2v) is 3.01. The summed E-state index contributed by atoms with van der Waals surface area (Å²) in [7, 11) is 0.